The lowest BCUT2D eigenvalue weighted by Gasteiger charge is -2.09. The molecule has 0 fully saturated rings. The van der Waals surface area contributed by atoms with E-state index in [0.717, 1.165) is 25.3 Å². The number of H-pyrrole nitrogens is 1. The number of rotatable bonds is 7. The number of unbranched alkanes of at least 4 members (excludes halogenated alkanes) is 1. The lowest BCUT2D eigenvalue weighted by molar-refractivity contribution is -0.384. The van der Waals surface area contributed by atoms with E-state index >= 15 is 0 Å². The maximum Gasteiger partial charge on any atom is 0.340 e. The zero-order chi connectivity index (χ0) is 21.0. The molecule has 3 aromatic rings. The van der Waals surface area contributed by atoms with E-state index in [1.165, 1.54) is 23.9 Å². The molecule has 9 nitrogen and oxygen atoms in total. The van der Waals surface area contributed by atoms with Crippen molar-refractivity contribution >= 4 is 17.4 Å². The molecular formula is C19H18N4O5S. The summed E-state index contributed by atoms with van der Waals surface area (Å²) in [5.74, 6) is 0. The molecule has 10 heteroatoms. The number of non-ortho nitro benzene ring substituents is 1. The normalized spacial score (nSPS) is 10.8. The van der Waals surface area contributed by atoms with Crippen molar-refractivity contribution < 1.29 is 4.92 Å². The Labute approximate surface area is 168 Å². The van der Waals surface area contributed by atoms with Crippen molar-refractivity contribution in [2.24, 2.45) is 0 Å². The third kappa shape index (κ3) is 4.54. The predicted molar refractivity (Wildman–Crippen MR) is 109 cm³/mol. The van der Waals surface area contributed by atoms with Gasteiger partial charge in [0.25, 0.3) is 5.69 Å². The van der Waals surface area contributed by atoms with Gasteiger partial charge >= 0.3 is 17.1 Å². The van der Waals surface area contributed by atoms with Gasteiger partial charge in [0.2, 0.25) is 0 Å². The highest BCUT2D eigenvalue weighted by atomic mass is 32.2. The van der Waals surface area contributed by atoms with Crippen molar-refractivity contribution in [2.75, 3.05) is 0 Å². The van der Waals surface area contributed by atoms with Gasteiger partial charge in [-0.15, -0.1) is 0 Å². The largest absolute Gasteiger partial charge is 0.340 e. The van der Waals surface area contributed by atoms with E-state index in [4.69, 9.17) is 0 Å². The molecule has 0 atom stereocenters. The Hall–Kier alpha value is -3.40. The summed E-state index contributed by atoms with van der Waals surface area (Å²) in [6.07, 6.45) is 1.45. The zero-order valence-electron chi connectivity index (χ0n) is 15.5. The summed E-state index contributed by atoms with van der Waals surface area (Å²) in [6, 6.07) is 12.8. The molecule has 0 unspecified atom stereocenters. The molecule has 0 spiro atoms. The first kappa shape index (κ1) is 20.3. The molecule has 0 radical (unpaired) electrons. The minimum absolute atomic E-state index is 0.0153. The smallest absolute Gasteiger partial charge is 0.258 e. The van der Waals surface area contributed by atoms with Gasteiger partial charge in [0, 0.05) is 28.5 Å². The number of nitrogens with one attached hydrogen (secondary N) is 1. The van der Waals surface area contributed by atoms with Crippen LogP contribution in [0.1, 0.15) is 19.8 Å². The van der Waals surface area contributed by atoms with Crippen molar-refractivity contribution in [1.29, 1.82) is 0 Å². The van der Waals surface area contributed by atoms with Gasteiger partial charge in [0.15, 0.2) is 0 Å². The molecule has 0 aliphatic heterocycles. The zero-order valence-corrected chi connectivity index (χ0v) is 16.3. The standard InChI is InChI=1S/C19H18N4O5S/c1-2-3-12-21-17(24)20-18(25)22(19(21)26)13-4-8-15(9-5-13)29-16-10-6-14(7-11-16)23(27)28/h4-11H,2-3,12H2,1H3,(H,20,24,25). The van der Waals surface area contributed by atoms with E-state index in [2.05, 4.69) is 4.98 Å². The van der Waals surface area contributed by atoms with E-state index in [-0.39, 0.29) is 12.2 Å². The second kappa shape index (κ2) is 8.74. The summed E-state index contributed by atoms with van der Waals surface area (Å²) in [5.41, 5.74) is -1.82. The summed E-state index contributed by atoms with van der Waals surface area (Å²) >= 11 is 1.39. The monoisotopic (exact) mass is 414 g/mol. The van der Waals surface area contributed by atoms with Crippen LogP contribution in [0.2, 0.25) is 0 Å². The van der Waals surface area contributed by atoms with Crippen molar-refractivity contribution in [3.63, 3.8) is 0 Å². The lowest BCUT2D eigenvalue weighted by atomic mass is 10.3. The van der Waals surface area contributed by atoms with Crippen LogP contribution in [0.5, 0.6) is 0 Å². The van der Waals surface area contributed by atoms with Crippen LogP contribution < -0.4 is 17.1 Å². The Morgan fingerprint density at radius 1 is 0.966 bits per heavy atom. The number of aromatic nitrogens is 3. The highest BCUT2D eigenvalue weighted by molar-refractivity contribution is 7.99. The van der Waals surface area contributed by atoms with E-state index < -0.39 is 22.0 Å². The molecule has 0 amide bonds. The Morgan fingerprint density at radius 2 is 1.55 bits per heavy atom. The quantitative estimate of drug-likeness (QED) is 0.469. The molecule has 1 aromatic heterocycles. The first-order valence-electron chi connectivity index (χ1n) is 8.89. The van der Waals surface area contributed by atoms with Crippen LogP contribution in [0.25, 0.3) is 5.69 Å². The van der Waals surface area contributed by atoms with Gasteiger partial charge in [-0.25, -0.2) is 23.5 Å². The molecular weight excluding hydrogens is 396 g/mol. The minimum Gasteiger partial charge on any atom is -0.258 e. The van der Waals surface area contributed by atoms with Crippen molar-refractivity contribution in [2.45, 2.75) is 36.1 Å². The van der Waals surface area contributed by atoms with Gasteiger partial charge in [0.1, 0.15) is 0 Å². The molecule has 2 aromatic carbocycles. The Kier molecular flexibility index (Phi) is 6.13. The summed E-state index contributed by atoms with van der Waals surface area (Å²) in [4.78, 5) is 50.8. The number of benzene rings is 2. The highest BCUT2D eigenvalue weighted by Gasteiger charge is 2.11. The Balaban J connectivity index is 1.88. The van der Waals surface area contributed by atoms with Crippen LogP contribution in [0.3, 0.4) is 0 Å². The third-order valence-electron chi connectivity index (χ3n) is 4.20. The lowest BCUT2D eigenvalue weighted by Crippen LogP contribution is -2.48. The molecule has 1 heterocycles. The Bertz CT molecular complexity index is 1190. The van der Waals surface area contributed by atoms with Crippen molar-refractivity contribution in [3.05, 3.63) is 90.1 Å². The van der Waals surface area contributed by atoms with Gasteiger partial charge in [-0.1, -0.05) is 25.1 Å². The fraction of sp³-hybridized carbons (Fsp3) is 0.211. The first-order valence-corrected chi connectivity index (χ1v) is 9.71. The predicted octanol–water partition coefficient (Wildman–Crippen LogP) is 2.55. The minimum atomic E-state index is -0.788. The summed E-state index contributed by atoms with van der Waals surface area (Å²) in [7, 11) is 0. The average molecular weight is 414 g/mol. The molecule has 0 aliphatic rings. The molecule has 0 saturated carbocycles. The molecule has 29 heavy (non-hydrogen) atoms. The number of aromatic amines is 1. The topological polar surface area (TPSA) is 120 Å². The van der Waals surface area contributed by atoms with E-state index in [1.807, 2.05) is 6.92 Å². The first-order chi connectivity index (χ1) is 13.9. The molecule has 3 rings (SSSR count). The molecule has 150 valence electrons. The number of nitro benzene ring substituents is 1. The molecule has 0 saturated heterocycles. The summed E-state index contributed by atoms with van der Waals surface area (Å²) in [6.45, 7) is 2.18. The van der Waals surface area contributed by atoms with Crippen LogP contribution in [-0.4, -0.2) is 19.0 Å². The fourth-order valence-corrected chi connectivity index (χ4v) is 3.50. The van der Waals surface area contributed by atoms with Crippen LogP contribution >= 0.6 is 11.8 Å². The average Bonchev–Trinajstić information content (AvgIpc) is 2.69. The highest BCUT2D eigenvalue weighted by Crippen LogP contribution is 2.29. The second-order valence-electron chi connectivity index (χ2n) is 6.21. The van der Waals surface area contributed by atoms with Crippen LogP contribution in [0.4, 0.5) is 5.69 Å². The molecule has 0 bridgehead atoms. The van der Waals surface area contributed by atoms with Crippen LogP contribution in [0.15, 0.2) is 72.7 Å². The maximum absolute atomic E-state index is 12.6. The number of nitrogens with zero attached hydrogens (tertiary/aromatic N) is 3. The van der Waals surface area contributed by atoms with Gasteiger partial charge in [0.05, 0.1) is 10.6 Å². The van der Waals surface area contributed by atoms with Crippen molar-refractivity contribution in [1.82, 2.24) is 14.1 Å². The molecule has 1 N–H and O–H groups in total. The second-order valence-corrected chi connectivity index (χ2v) is 7.35. The Morgan fingerprint density at radius 3 is 2.10 bits per heavy atom. The number of hydrogen-bond donors (Lipinski definition) is 1. The summed E-state index contributed by atoms with van der Waals surface area (Å²) in [5, 5.41) is 10.7. The van der Waals surface area contributed by atoms with E-state index in [1.54, 1.807) is 36.4 Å². The summed E-state index contributed by atoms with van der Waals surface area (Å²) < 4.78 is 1.95. The van der Waals surface area contributed by atoms with E-state index in [0.29, 0.717) is 12.1 Å². The van der Waals surface area contributed by atoms with Crippen LogP contribution in [0, 0.1) is 10.1 Å². The van der Waals surface area contributed by atoms with Gasteiger partial charge in [-0.2, -0.15) is 0 Å². The van der Waals surface area contributed by atoms with E-state index in [9.17, 15) is 24.5 Å². The number of nitro groups is 1. The van der Waals surface area contributed by atoms with Gasteiger partial charge in [-0.05, 0) is 42.8 Å². The van der Waals surface area contributed by atoms with Gasteiger partial charge < -0.3 is 0 Å². The fourth-order valence-electron chi connectivity index (χ4n) is 2.69. The van der Waals surface area contributed by atoms with Crippen LogP contribution in [-0.2, 0) is 6.54 Å². The maximum atomic E-state index is 12.6. The van der Waals surface area contributed by atoms with Crippen molar-refractivity contribution in [3.8, 4) is 5.69 Å². The number of hydrogen-bond acceptors (Lipinski definition) is 6. The molecule has 0 aliphatic carbocycles. The van der Waals surface area contributed by atoms with Gasteiger partial charge in [-0.3, -0.25) is 15.1 Å². The SMILES string of the molecule is CCCCn1c(=O)[nH]c(=O)n(-c2ccc(Sc3ccc([N+](=O)[O-])cc3)cc2)c1=O. The third-order valence-corrected chi connectivity index (χ3v) is 5.21.